The average molecular weight is 199 g/mol. The standard InChI is InChI=1S/C11H9N3O/c15-9-2-5-10-4-1-8-14(10)11-12-6-3-7-13-11/h1-9H/b5-2+. The lowest BCUT2D eigenvalue weighted by Crippen LogP contribution is -1.99. The van der Waals surface area contributed by atoms with Crippen LogP contribution in [0.2, 0.25) is 0 Å². The smallest absolute Gasteiger partial charge is 0.234 e. The molecule has 15 heavy (non-hydrogen) atoms. The maximum Gasteiger partial charge on any atom is 0.234 e. The zero-order chi connectivity index (χ0) is 10.5. The lowest BCUT2D eigenvalue weighted by Gasteiger charge is -2.02. The Hall–Kier alpha value is -2.23. The van der Waals surface area contributed by atoms with E-state index in [2.05, 4.69) is 9.97 Å². The average Bonchev–Trinajstić information content (AvgIpc) is 2.75. The second-order valence-electron chi connectivity index (χ2n) is 2.85. The van der Waals surface area contributed by atoms with Gasteiger partial charge in [0.2, 0.25) is 5.95 Å². The van der Waals surface area contributed by atoms with Crippen LogP contribution < -0.4 is 0 Å². The van der Waals surface area contributed by atoms with Gasteiger partial charge in [0.05, 0.1) is 0 Å². The summed E-state index contributed by atoms with van der Waals surface area (Å²) >= 11 is 0. The van der Waals surface area contributed by atoms with Crippen molar-refractivity contribution in [1.82, 2.24) is 14.5 Å². The number of aromatic nitrogens is 3. The van der Waals surface area contributed by atoms with Gasteiger partial charge in [0, 0.05) is 24.3 Å². The first-order valence-corrected chi connectivity index (χ1v) is 4.48. The van der Waals surface area contributed by atoms with E-state index in [-0.39, 0.29) is 0 Å². The summed E-state index contributed by atoms with van der Waals surface area (Å²) in [5.41, 5.74) is 0.869. The van der Waals surface area contributed by atoms with Gasteiger partial charge in [-0.15, -0.1) is 0 Å². The van der Waals surface area contributed by atoms with Crippen molar-refractivity contribution in [2.24, 2.45) is 0 Å². The number of allylic oxidation sites excluding steroid dienone is 1. The molecule has 4 nitrogen and oxygen atoms in total. The molecule has 2 heterocycles. The molecule has 2 rings (SSSR count). The van der Waals surface area contributed by atoms with Crippen molar-refractivity contribution in [2.75, 3.05) is 0 Å². The number of hydrogen-bond acceptors (Lipinski definition) is 3. The Labute approximate surface area is 86.9 Å². The molecule has 0 atom stereocenters. The molecule has 0 N–H and O–H groups in total. The van der Waals surface area contributed by atoms with E-state index in [9.17, 15) is 4.79 Å². The van der Waals surface area contributed by atoms with Gasteiger partial charge in [0.15, 0.2) is 0 Å². The molecule has 0 saturated carbocycles. The topological polar surface area (TPSA) is 47.8 Å². The third kappa shape index (κ3) is 1.99. The number of carbonyl (C=O) groups excluding carboxylic acids is 1. The van der Waals surface area contributed by atoms with Gasteiger partial charge >= 0.3 is 0 Å². The molecule has 0 aliphatic heterocycles. The van der Waals surface area contributed by atoms with Crippen molar-refractivity contribution >= 4 is 12.4 Å². The molecule has 0 amide bonds. The molecule has 74 valence electrons. The van der Waals surface area contributed by atoms with Gasteiger partial charge in [0.25, 0.3) is 0 Å². The first kappa shape index (κ1) is 9.33. The van der Waals surface area contributed by atoms with Crippen LogP contribution in [-0.2, 0) is 4.79 Å². The number of hydrogen-bond donors (Lipinski definition) is 0. The van der Waals surface area contributed by atoms with E-state index in [1.165, 1.54) is 6.08 Å². The van der Waals surface area contributed by atoms with Crippen LogP contribution in [0.3, 0.4) is 0 Å². The van der Waals surface area contributed by atoms with Crippen LogP contribution in [0.25, 0.3) is 12.0 Å². The van der Waals surface area contributed by atoms with Crippen molar-refractivity contribution in [1.29, 1.82) is 0 Å². The second-order valence-corrected chi connectivity index (χ2v) is 2.85. The van der Waals surface area contributed by atoms with Gasteiger partial charge < -0.3 is 0 Å². The fraction of sp³-hybridized carbons (Fsp3) is 0. The Bertz CT molecular complexity index is 474. The van der Waals surface area contributed by atoms with Crippen molar-refractivity contribution in [3.05, 3.63) is 48.6 Å². The molecule has 0 aromatic carbocycles. The van der Waals surface area contributed by atoms with Crippen LogP contribution in [-0.4, -0.2) is 20.8 Å². The summed E-state index contributed by atoms with van der Waals surface area (Å²) in [5.74, 6) is 0.591. The van der Waals surface area contributed by atoms with Crippen LogP contribution in [0.1, 0.15) is 5.69 Å². The SMILES string of the molecule is O=C/C=C/c1cccn1-c1ncccn1. The Morgan fingerprint density at radius 3 is 2.73 bits per heavy atom. The van der Waals surface area contributed by atoms with E-state index in [1.807, 2.05) is 18.3 Å². The summed E-state index contributed by atoms with van der Waals surface area (Å²) in [7, 11) is 0. The maximum atomic E-state index is 10.2. The molecular weight excluding hydrogens is 190 g/mol. The van der Waals surface area contributed by atoms with Gasteiger partial charge in [-0.1, -0.05) is 0 Å². The third-order valence-electron chi connectivity index (χ3n) is 1.89. The molecular formula is C11H9N3O. The summed E-state index contributed by atoms with van der Waals surface area (Å²) in [6.45, 7) is 0. The number of carbonyl (C=O) groups is 1. The lowest BCUT2D eigenvalue weighted by molar-refractivity contribution is -0.104. The summed E-state index contributed by atoms with van der Waals surface area (Å²) in [5, 5.41) is 0. The molecule has 2 aromatic heterocycles. The first-order valence-electron chi connectivity index (χ1n) is 4.48. The molecule has 0 fully saturated rings. The highest BCUT2D eigenvalue weighted by Gasteiger charge is 2.01. The van der Waals surface area contributed by atoms with Gasteiger partial charge in [0.1, 0.15) is 6.29 Å². The second kappa shape index (κ2) is 4.32. The van der Waals surface area contributed by atoms with Gasteiger partial charge in [-0.05, 0) is 30.4 Å². The zero-order valence-electron chi connectivity index (χ0n) is 7.95. The summed E-state index contributed by atoms with van der Waals surface area (Å²) < 4.78 is 1.81. The highest BCUT2D eigenvalue weighted by atomic mass is 16.1. The minimum Gasteiger partial charge on any atom is -0.299 e. The predicted octanol–water partition coefficient (Wildman–Crippen LogP) is 1.48. The van der Waals surface area contributed by atoms with E-state index < -0.39 is 0 Å². The molecule has 0 unspecified atom stereocenters. The summed E-state index contributed by atoms with van der Waals surface area (Å²) in [6.07, 6.45) is 9.09. The van der Waals surface area contributed by atoms with E-state index in [0.29, 0.717) is 5.95 Å². The van der Waals surface area contributed by atoms with E-state index >= 15 is 0 Å². The van der Waals surface area contributed by atoms with Crippen molar-refractivity contribution in [2.45, 2.75) is 0 Å². The Morgan fingerprint density at radius 1 is 1.20 bits per heavy atom. The van der Waals surface area contributed by atoms with E-state index in [1.54, 1.807) is 29.1 Å². The molecule has 0 aliphatic carbocycles. The van der Waals surface area contributed by atoms with Crippen LogP contribution >= 0.6 is 0 Å². The van der Waals surface area contributed by atoms with Crippen LogP contribution in [0.5, 0.6) is 0 Å². The predicted molar refractivity (Wildman–Crippen MR) is 56.5 cm³/mol. The third-order valence-corrected chi connectivity index (χ3v) is 1.89. The molecule has 4 heteroatoms. The minimum absolute atomic E-state index is 0.591. The highest BCUT2D eigenvalue weighted by Crippen LogP contribution is 2.08. The minimum atomic E-state index is 0.591. The quantitative estimate of drug-likeness (QED) is 0.555. The fourth-order valence-corrected chi connectivity index (χ4v) is 1.27. The Balaban J connectivity index is 2.41. The maximum absolute atomic E-state index is 10.2. The molecule has 0 saturated heterocycles. The zero-order valence-corrected chi connectivity index (χ0v) is 7.95. The van der Waals surface area contributed by atoms with E-state index in [0.717, 1.165) is 12.0 Å². The Morgan fingerprint density at radius 2 is 2.00 bits per heavy atom. The molecule has 0 bridgehead atoms. The van der Waals surface area contributed by atoms with E-state index in [4.69, 9.17) is 0 Å². The van der Waals surface area contributed by atoms with Gasteiger partial charge in [-0.3, -0.25) is 9.36 Å². The first-order chi connectivity index (χ1) is 7.42. The lowest BCUT2D eigenvalue weighted by atomic mass is 10.4. The van der Waals surface area contributed by atoms with Crippen molar-refractivity contribution in [3.63, 3.8) is 0 Å². The van der Waals surface area contributed by atoms with Crippen LogP contribution in [0, 0.1) is 0 Å². The van der Waals surface area contributed by atoms with Crippen LogP contribution in [0.4, 0.5) is 0 Å². The monoisotopic (exact) mass is 199 g/mol. The highest BCUT2D eigenvalue weighted by molar-refractivity contribution is 5.73. The van der Waals surface area contributed by atoms with Gasteiger partial charge in [-0.25, -0.2) is 9.97 Å². The summed E-state index contributed by atoms with van der Waals surface area (Å²) in [4.78, 5) is 18.5. The number of aldehydes is 1. The Kier molecular flexibility index (Phi) is 2.69. The summed E-state index contributed by atoms with van der Waals surface area (Å²) in [6, 6.07) is 5.52. The van der Waals surface area contributed by atoms with Crippen molar-refractivity contribution in [3.8, 4) is 5.95 Å². The van der Waals surface area contributed by atoms with Gasteiger partial charge in [-0.2, -0.15) is 0 Å². The molecule has 0 spiro atoms. The molecule has 0 aliphatic rings. The largest absolute Gasteiger partial charge is 0.299 e. The fourth-order valence-electron chi connectivity index (χ4n) is 1.27. The number of rotatable bonds is 3. The normalized spacial score (nSPS) is 10.7. The molecule has 0 radical (unpaired) electrons. The molecule has 2 aromatic rings. The van der Waals surface area contributed by atoms with Crippen molar-refractivity contribution < 1.29 is 4.79 Å². The number of nitrogens with zero attached hydrogens (tertiary/aromatic N) is 3. The van der Waals surface area contributed by atoms with Crippen LogP contribution in [0.15, 0.2) is 42.9 Å².